The number of aliphatic hydroxyl groups is 1. The molecular formula is C7H13NO3. The maximum Gasteiger partial charge on any atom is 0.312 e. The van der Waals surface area contributed by atoms with Crippen molar-refractivity contribution < 1.29 is 14.6 Å². The third-order valence-electron chi connectivity index (χ3n) is 1.77. The van der Waals surface area contributed by atoms with Crippen molar-refractivity contribution in [2.45, 2.75) is 13.0 Å². The third-order valence-corrected chi connectivity index (χ3v) is 1.77. The van der Waals surface area contributed by atoms with E-state index in [4.69, 9.17) is 4.74 Å². The normalized spacial score (nSPS) is 30.4. The summed E-state index contributed by atoms with van der Waals surface area (Å²) in [6.07, 6.45) is -0.575. The molecule has 2 N–H and O–H groups in total. The van der Waals surface area contributed by atoms with E-state index in [1.165, 1.54) is 0 Å². The number of rotatable bonds is 2. The van der Waals surface area contributed by atoms with Gasteiger partial charge < -0.3 is 15.2 Å². The molecule has 1 aliphatic rings. The van der Waals surface area contributed by atoms with Crippen LogP contribution in [0.25, 0.3) is 0 Å². The molecule has 0 bridgehead atoms. The lowest BCUT2D eigenvalue weighted by Crippen LogP contribution is -2.28. The Morgan fingerprint density at radius 3 is 2.91 bits per heavy atom. The summed E-state index contributed by atoms with van der Waals surface area (Å²) in [4.78, 5) is 11.0. The van der Waals surface area contributed by atoms with E-state index in [0.717, 1.165) is 0 Å². The molecule has 1 saturated heterocycles. The molecule has 1 heterocycles. The van der Waals surface area contributed by atoms with Gasteiger partial charge in [0.15, 0.2) is 0 Å². The van der Waals surface area contributed by atoms with E-state index in [9.17, 15) is 9.90 Å². The van der Waals surface area contributed by atoms with Crippen LogP contribution in [0.15, 0.2) is 0 Å². The molecule has 1 fully saturated rings. The van der Waals surface area contributed by atoms with Crippen LogP contribution in [0, 0.1) is 5.92 Å². The Labute approximate surface area is 65.5 Å². The predicted molar refractivity (Wildman–Crippen MR) is 39.0 cm³/mol. The van der Waals surface area contributed by atoms with Gasteiger partial charge in [-0.1, -0.05) is 0 Å². The van der Waals surface area contributed by atoms with E-state index in [1.807, 2.05) is 0 Å². The monoisotopic (exact) mass is 159 g/mol. The number of hydrogen-bond donors (Lipinski definition) is 2. The zero-order valence-corrected chi connectivity index (χ0v) is 6.54. The van der Waals surface area contributed by atoms with Crippen LogP contribution in [0.5, 0.6) is 0 Å². The standard InChI is InChI=1S/C7H13NO3/c1-2-11-7(10)5-3-8-4-6(5)9/h5-6,8-9H,2-4H2,1H3/t5-,6-/m1/s1. The summed E-state index contributed by atoms with van der Waals surface area (Å²) in [5.74, 6) is -0.667. The van der Waals surface area contributed by atoms with Gasteiger partial charge in [0.1, 0.15) is 0 Å². The summed E-state index contributed by atoms with van der Waals surface area (Å²) >= 11 is 0. The lowest BCUT2D eigenvalue weighted by atomic mass is 10.1. The van der Waals surface area contributed by atoms with Crippen molar-refractivity contribution in [1.29, 1.82) is 0 Å². The largest absolute Gasteiger partial charge is 0.466 e. The van der Waals surface area contributed by atoms with Crippen molar-refractivity contribution in [1.82, 2.24) is 5.32 Å². The van der Waals surface area contributed by atoms with E-state index >= 15 is 0 Å². The smallest absolute Gasteiger partial charge is 0.312 e. The van der Waals surface area contributed by atoms with E-state index in [0.29, 0.717) is 19.7 Å². The quantitative estimate of drug-likeness (QED) is 0.514. The number of hydrogen-bond acceptors (Lipinski definition) is 4. The summed E-state index contributed by atoms with van der Waals surface area (Å²) in [6, 6.07) is 0. The minimum Gasteiger partial charge on any atom is -0.466 e. The number of carbonyl (C=O) groups excluding carboxylic acids is 1. The van der Waals surface area contributed by atoms with Crippen molar-refractivity contribution in [3.8, 4) is 0 Å². The zero-order valence-electron chi connectivity index (χ0n) is 6.54. The first kappa shape index (κ1) is 8.49. The molecule has 4 heteroatoms. The van der Waals surface area contributed by atoms with Crippen LogP contribution < -0.4 is 5.32 Å². The second kappa shape index (κ2) is 3.69. The molecule has 0 aliphatic carbocycles. The predicted octanol–water partition coefficient (Wildman–Crippen LogP) is -0.870. The molecule has 0 unspecified atom stereocenters. The summed E-state index contributed by atoms with van der Waals surface area (Å²) in [7, 11) is 0. The van der Waals surface area contributed by atoms with Gasteiger partial charge in [0.2, 0.25) is 0 Å². The molecular weight excluding hydrogens is 146 g/mol. The Morgan fingerprint density at radius 1 is 1.73 bits per heavy atom. The average molecular weight is 159 g/mol. The van der Waals surface area contributed by atoms with E-state index < -0.39 is 6.10 Å². The topological polar surface area (TPSA) is 58.6 Å². The number of esters is 1. The maximum absolute atomic E-state index is 11.0. The van der Waals surface area contributed by atoms with Gasteiger partial charge in [0.05, 0.1) is 18.6 Å². The van der Waals surface area contributed by atoms with Gasteiger partial charge in [-0.3, -0.25) is 4.79 Å². The van der Waals surface area contributed by atoms with Crippen molar-refractivity contribution in [2.75, 3.05) is 19.7 Å². The fraction of sp³-hybridized carbons (Fsp3) is 0.857. The van der Waals surface area contributed by atoms with Gasteiger partial charge in [-0.15, -0.1) is 0 Å². The minimum absolute atomic E-state index is 0.301. The van der Waals surface area contributed by atoms with E-state index in [-0.39, 0.29) is 11.9 Å². The first-order valence-electron chi connectivity index (χ1n) is 3.81. The summed E-state index contributed by atoms with van der Waals surface area (Å²) < 4.78 is 4.76. The highest BCUT2D eigenvalue weighted by atomic mass is 16.5. The first-order valence-corrected chi connectivity index (χ1v) is 3.81. The van der Waals surface area contributed by atoms with Gasteiger partial charge in [0, 0.05) is 13.1 Å². The highest BCUT2D eigenvalue weighted by Crippen LogP contribution is 2.10. The highest BCUT2D eigenvalue weighted by molar-refractivity contribution is 5.73. The lowest BCUT2D eigenvalue weighted by molar-refractivity contribution is -0.150. The maximum atomic E-state index is 11.0. The number of β-amino-alcohol motifs (C(OH)–C–C–N with tert-alkyl or cyclic N) is 1. The van der Waals surface area contributed by atoms with Crippen LogP contribution in [0.2, 0.25) is 0 Å². The van der Waals surface area contributed by atoms with Crippen LogP contribution in [0.4, 0.5) is 0 Å². The second-order valence-corrected chi connectivity index (χ2v) is 2.58. The summed E-state index contributed by atoms with van der Waals surface area (Å²) in [5.41, 5.74) is 0. The van der Waals surface area contributed by atoms with Crippen LogP contribution in [-0.4, -0.2) is 36.9 Å². The number of nitrogens with one attached hydrogen (secondary N) is 1. The minimum atomic E-state index is -0.575. The molecule has 0 aromatic carbocycles. The Morgan fingerprint density at radius 2 is 2.45 bits per heavy atom. The number of aliphatic hydroxyl groups excluding tert-OH is 1. The molecule has 1 aliphatic heterocycles. The number of carbonyl (C=O) groups is 1. The molecule has 64 valence electrons. The van der Waals surface area contributed by atoms with Gasteiger partial charge in [-0.2, -0.15) is 0 Å². The van der Waals surface area contributed by atoms with Gasteiger partial charge in [0.25, 0.3) is 0 Å². The third kappa shape index (κ3) is 1.91. The van der Waals surface area contributed by atoms with E-state index in [1.54, 1.807) is 6.92 Å². The van der Waals surface area contributed by atoms with Crippen LogP contribution >= 0.6 is 0 Å². The average Bonchev–Trinajstić information content (AvgIpc) is 2.36. The van der Waals surface area contributed by atoms with Crippen molar-refractivity contribution in [3.63, 3.8) is 0 Å². The van der Waals surface area contributed by atoms with Gasteiger partial charge in [-0.05, 0) is 6.92 Å². The van der Waals surface area contributed by atoms with Gasteiger partial charge >= 0.3 is 5.97 Å². The Bertz CT molecular complexity index is 149. The molecule has 0 aromatic heterocycles. The summed E-state index contributed by atoms with van der Waals surface area (Å²) in [6.45, 7) is 3.15. The Kier molecular flexibility index (Phi) is 2.84. The molecule has 0 saturated carbocycles. The zero-order chi connectivity index (χ0) is 8.27. The van der Waals surface area contributed by atoms with Crippen molar-refractivity contribution in [3.05, 3.63) is 0 Å². The van der Waals surface area contributed by atoms with Crippen molar-refractivity contribution >= 4 is 5.97 Å². The fourth-order valence-electron chi connectivity index (χ4n) is 1.15. The van der Waals surface area contributed by atoms with Crippen LogP contribution in [-0.2, 0) is 9.53 Å². The molecule has 4 nitrogen and oxygen atoms in total. The highest BCUT2D eigenvalue weighted by Gasteiger charge is 2.32. The van der Waals surface area contributed by atoms with Crippen molar-refractivity contribution in [2.24, 2.45) is 5.92 Å². The summed E-state index contributed by atoms with van der Waals surface area (Å²) in [5, 5.41) is 12.1. The molecule has 1 rings (SSSR count). The molecule has 0 aromatic rings. The molecule has 0 spiro atoms. The lowest BCUT2D eigenvalue weighted by Gasteiger charge is -2.10. The number of ether oxygens (including phenoxy) is 1. The molecule has 2 atom stereocenters. The first-order chi connectivity index (χ1) is 5.25. The van der Waals surface area contributed by atoms with Crippen LogP contribution in [0.3, 0.4) is 0 Å². The molecule has 11 heavy (non-hydrogen) atoms. The molecule has 0 amide bonds. The Hall–Kier alpha value is -0.610. The van der Waals surface area contributed by atoms with Crippen LogP contribution in [0.1, 0.15) is 6.92 Å². The second-order valence-electron chi connectivity index (χ2n) is 2.58. The van der Waals surface area contributed by atoms with Gasteiger partial charge in [-0.25, -0.2) is 0 Å². The Balaban J connectivity index is 2.39. The fourth-order valence-corrected chi connectivity index (χ4v) is 1.15. The van der Waals surface area contributed by atoms with E-state index in [2.05, 4.69) is 5.32 Å². The SMILES string of the molecule is CCOC(=O)[C@@H]1CNC[C@H]1O. The molecule has 0 radical (unpaired) electrons.